The van der Waals surface area contributed by atoms with E-state index in [1.54, 1.807) is 0 Å². The van der Waals surface area contributed by atoms with E-state index in [4.69, 9.17) is 0 Å². The fourth-order valence-electron chi connectivity index (χ4n) is 2.34. The zero-order valence-electron chi connectivity index (χ0n) is 12.6. The van der Waals surface area contributed by atoms with Gasteiger partial charge in [-0.25, -0.2) is 0 Å². The van der Waals surface area contributed by atoms with Crippen molar-refractivity contribution in [2.75, 3.05) is 0 Å². The van der Waals surface area contributed by atoms with Crippen molar-refractivity contribution < 1.29 is 0 Å². The SMILES string of the molecule is [CH2]C(C)CCC(C)CCCCCCCCCC. The zero-order valence-corrected chi connectivity index (χ0v) is 12.6. The summed E-state index contributed by atoms with van der Waals surface area (Å²) in [6.45, 7) is 11.0. The van der Waals surface area contributed by atoms with Gasteiger partial charge in [0.15, 0.2) is 0 Å². The molecular formula is C17H35. The summed E-state index contributed by atoms with van der Waals surface area (Å²) >= 11 is 0. The van der Waals surface area contributed by atoms with Gasteiger partial charge >= 0.3 is 0 Å². The van der Waals surface area contributed by atoms with Gasteiger partial charge in [-0.3, -0.25) is 0 Å². The van der Waals surface area contributed by atoms with Crippen molar-refractivity contribution in [1.82, 2.24) is 0 Å². The van der Waals surface area contributed by atoms with Crippen LogP contribution in [0.2, 0.25) is 0 Å². The average molecular weight is 239 g/mol. The van der Waals surface area contributed by atoms with Gasteiger partial charge in [-0.1, -0.05) is 98.3 Å². The van der Waals surface area contributed by atoms with Crippen molar-refractivity contribution in [3.8, 4) is 0 Å². The lowest BCUT2D eigenvalue weighted by Crippen LogP contribution is -1.98. The Morgan fingerprint density at radius 3 is 1.76 bits per heavy atom. The van der Waals surface area contributed by atoms with Crippen LogP contribution in [0.25, 0.3) is 0 Å². The Kier molecular flexibility index (Phi) is 12.5. The molecule has 2 unspecified atom stereocenters. The van der Waals surface area contributed by atoms with Gasteiger partial charge < -0.3 is 0 Å². The Balaban J connectivity index is 3.11. The Hall–Kier alpha value is 0. The lowest BCUT2D eigenvalue weighted by Gasteiger charge is -2.12. The van der Waals surface area contributed by atoms with Crippen LogP contribution in [0.4, 0.5) is 0 Å². The molecule has 103 valence electrons. The van der Waals surface area contributed by atoms with Crippen molar-refractivity contribution in [2.24, 2.45) is 11.8 Å². The van der Waals surface area contributed by atoms with Gasteiger partial charge in [0.2, 0.25) is 0 Å². The molecule has 0 aromatic heterocycles. The van der Waals surface area contributed by atoms with Gasteiger partial charge in [0.05, 0.1) is 0 Å². The molecule has 0 rings (SSSR count). The molecule has 0 N–H and O–H groups in total. The van der Waals surface area contributed by atoms with Gasteiger partial charge in [-0.05, 0) is 11.8 Å². The van der Waals surface area contributed by atoms with Crippen LogP contribution >= 0.6 is 0 Å². The van der Waals surface area contributed by atoms with E-state index in [0.717, 1.165) is 5.92 Å². The topological polar surface area (TPSA) is 0 Å². The minimum atomic E-state index is 0.635. The summed E-state index contributed by atoms with van der Waals surface area (Å²) in [6, 6.07) is 0. The van der Waals surface area contributed by atoms with E-state index < -0.39 is 0 Å². The van der Waals surface area contributed by atoms with Gasteiger partial charge in [-0.2, -0.15) is 0 Å². The highest BCUT2D eigenvalue weighted by Gasteiger charge is 2.03. The first-order valence-electron chi connectivity index (χ1n) is 7.99. The van der Waals surface area contributed by atoms with Gasteiger partial charge in [0, 0.05) is 0 Å². The summed E-state index contributed by atoms with van der Waals surface area (Å²) in [5, 5.41) is 0. The van der Waals surface area contributed by atoms with Crippen molar-refractivity contribution >= 4 is 0 Å². The zero-order chi connectivity index (χ0) is 12.9. The first-order valence-corrected chi connectivity index (χ1v) is 7.99. The van der Waals surface area contributed by atoms with Crippen LogP contribution in [0.3, 0.4) is 0 Å². The van der Waals surface area contributed by atoms with Crippen molar-refractivity contribution in [1.29, 1.82) is 0 Å². The van der Waals surface area contributed by atoms with Crippen LogP contribution in [-0.2, 0) is 0 Å². The predicted molar refractivity (Wildman–Crippen MR) is 80.1 cm³/mol. The normalized spacial score (nSPS) is 13.2. The molecule has 17 heavy (non-hydrogen) atoms. The quantitative estimate of drug-likeness (QED) is 0.345. The molecule has 0 heteroatoms. The Morgan fingerprint density at radius 2 is 1.24 bits per heavy atom. The fraction of sp³-hybridized carbons (Fsp3) is 0.941. The molecule has 0 aliphatic heterocycles. The molecular weight excluding hydrogens is 204 g/mol. The van der Waals surface area contributed by atoms with Crippen LogP contribution in [0, 0.1) is 18.8 Å². The lowest BCUT2D eigenvalue weighted by atomic mass is 9.94. The lowest BCUT2D eigenvalue weighted by molar-refractivity contribution is 0.421. The van der Waals surface area contributed by atoms with E-state index >= 15 is 0 Å². The van der Waals surface area contributed by atoms with Crippen LogP contribution < -0.4 is 0 Å². The Labute approximate surface area is 111 Å². The largest absolute Gasteiger partial charge is 0.0654 e. The molecule has 0 saturated heterocycles. The van der Waals surface area contributed by atoms with Crippen molar-refractivity contribution in [2.45, 2.75) is 91.4 Å². The fourth-order valence-corrected chi connectivity index (χ4v) is 2.34. The molecule has 1 radical (unpaired) electrons. The first-order chi connectivity index (χ1) is 8.16. The summed E-state index contributed by atoms with van der Waals surface area (Å²) in [5.74, 6) is 1.55. The van der Waals surface area contributed by atoms with E-state index in [0.29, 0.717) is 5.92 Å². The van der Waals surface area contributed by atoms with E-state index in [-0.39, 0.29) is 0 Å². The highest BCUT2D eigenvalue weighted by Crippen LogP contribution is 2.18. The maximum atomic E-state index is 4.06. The summed E-state index contributed by atoms with van der Waals surface area (Å²) in [5.41, 5.74) is 0. The van der Waals surface area contributed by atoms with Gasteiger partial charge in [-0.15, -0.1) is 0 Å². The van der Waals surface area contributed by atoms with Gasteiger partial charge in [0.25, 0.3) is 0 Å². The molecule has 0 saturated carbocycles. The minimum absolute atomic E-state index is 0.635. The highest BCUT2D eigenvalue weighted by molar-refractivity contribution is 4.59. The molecule has 0 spiro atoms. The van der Waals surface area contributed by atoms with Crippen LogP contribution in [0.5, 0.6) is 0 Å². The molecule has 0 heterocycles. The molecule has 0 fully saturated rings. The molecule has 2 atom stereocenters. The average Bonchev–Trinajstić information content (AvgIpc) is 2.30. The first kappa shape index (κ1) is 17.0. The number of unbranched alkanes of at least 4 members (excludes halogenated alkanes) is 7. The van der Waals surface area contributed by atoms with E-state index in [1.807, 2.05) is 0 Å². The molecule has 0 bridgehead atoms. The summed E-state index contributed by atoms with van der Waals surface area (Å²) < 4.78 is 0. The van der Waals surface area contributed by atoms with E-state index in [2.05, 4.69) is 27.7 Å². The highest BCUT2D eigenvalue weighted by atomic mass is 14.1. The van der Waals surface area contributed by atoms with E-state index in [9.17, 15) is 0 Å². The number of rotatable bonds is 12. The minimum Gasteiger partial charge on any atom is -0.0654 e. The monoisotopic (exact) mass is 239 g/mol. The van der Waals surface area contributed by atoms with Crippen LogP contribution in [0.15, 0.2) is 0 Å². The third kappa shape index (κ3) is 13.9. The second kappa shape index (κ2) is 12.5. The second-order valence-electron chi connectivity index (χ2n) is 6.05. The molecule has 0 nitrogen and oxygen atoms in total. The van der Waals surface area contributed by atoms with Crippen LogP contribution in [0.1, 0.15) is 91.4 Å². The number of hydrogen-bond acceptors (Lipinski definition) is 0. The Morgan fingerprint density at radius 1 is 0.706 bits per heavy atom. The summed E-state index contributed by atoms with van der Waals surface area (Å²) in [4.78, 5) is 0. The second-order valence-corrected chi connectivity index (χ2v) is 6.05. The maximum Gasteiger partial charge on any atom is -0.0443 e. The maximum absolute atomic E-state index is 4.06. The molecule has 0 aliphatic carbocycles. The summed E-state index contributed by atoms with van der Waals surface area (Å²) in [6.07, 6.45) is 15.6. The predicted octanol–water partition coefficient (Wildman–Crippen LogP) is 6.40. The van der Waals surface area contributed by atoms with Gasteiger partial charge in [0.1, 0.15) is 0 Å². The molecule has 0 aromatic rings. The summed E-state index contributed by atoms with van der Waals surface area (Å²) in [7, 11) is 0. The molecule has 0 aliphatic rings. The third-order valence-corrected chi connectivity index (χ3v) is 3.70. The smallest absolute Gasteiger partial charge is 0.0443 e. The third-order valence-electron chi connectivity index (χ3n) is 3.70. The van der Waals surface area contributed by atoms with Crippen molar-refractivity contribution in [3.63, 3.8) is 0 Å². The Bertz CT molecular complexity index is 137. The van der Waals surface area contributed by atoms with E-state index in [1.165, 1.54) is 70.6 Å². The number of hydrogen-bond donors (Lipinski definition) is 0. The van der Waals surface area contributed by atoms with Crippen LogP contribution in [-0.4, -0.2) is 0 Å². The molecule has 0 amide bonds. The standard InChI is InChI=1S/C17H35/c1-5-6-7-8-9-10-11-12-13-17(4)15-14-16(2)3/h16-17H,2,5-15H2,1,3-4H3. The molecule has 0 aromatic carbocycles. The van der Waals surface area contributed by atoms with Crippen molar-refractivity contribution in [3.05, 3.63) is 6.92 Å².